The summed E-state index contributed by atoms with van der Waals surface area (Å²) in [5.41, 5.74) is 0.676. The summed E-state index contributed by atoms with van der Waals surface area (Å²) < 4.78 is 24.2. The summed E-state index contributed by atoms with van der Waals surface area (Å²) in [5.74, 6) is -1.55. The van der Waals surface area contributed by atoms with Gasteiger partial charge in [-0.05, 0) is 23.8 Å². The largest absolute Gasteiger partial charge is 0.497 e. The Morgan fingerprint density at radius 3 is 2.20 bits per heavy atom. The Labute approximate surface area is 115 Å². The summed E-state index contributed by atoms with van der Waals surface area (Å²) >= 11 is 0. The average Bonchev–Trinajstić information content (AvgIpc) is 2.47. The minimum atomic E-state index is -1.23. The molecule has 0 saturated carbocycles. The van der Waals surface area contributed by atoms with E-state index in [1.54, 1.807) is 31.4 Å². The molecular weight excluding hydrogens is 263 g/mol. The van der Waals surface area contributed by atoms with Crippen molar-refractivity contribution in [3.8, 4) is 22.6 Å². The van der Waals surface area contributed by atoms with Crippen molar-refractivity contribution >= 4 is 5.97 Å². The minimum Gasteiger partial charge on any atom is -0.497 e. The van der Waals surface area contributed by atoms with E-state index in [0.717, 1.165) is 0 Å². The molecule has 0 radical (unpaired) electrons. The molecule has 104 valence electrons. The van der Waals surface area contributed by atoms with E-state index in [4.69, 9.17) is 14.6 Å². The zero-order chi connectivity index (χ0) is 14.7. The van der Waals surface area contributed by atoms with Gasteiger partial charge in [-0.2, -0.15) is 0 Å². The number of carboxylic acids is 1. The van der Waals surface area contributed by atoms with Crippen LogP contribution in [0.4, 0.5) is 4.39 Å². The average molecular weight is 276 g/mol. The first-order chi connectivity index (χ1) is 9.58. The first-order valence-corrected chi connectivity index (χ1v) is 5.82. The van der Waals surface area contributed by atoms with Gasteiger partial charge in [-0.25, -0.2) is 9.18 Å². The summed E-state index contributed by atoms with van der Waals surface area (Å²) in [7, 11) is 2.78. The lowest BCUT2D eigenvalue weighted by atomic mass is 10.0. The van der Waals surface area contributed by atoms with E-state index in [1.807, 2.05) is 0 Å². The summed E-state index contributed by atoms with van der Waals surface area (Å²) in [6.07, 6.45) is 0. The Morgan fingerprint density at radius 2 is 1.70 bits per heavy atom. The van der Waals surface area contributed by atoms with E-state index in [-0.39, 0.29) is 16.9 Å². The van der Waals surface area contributed by atoms with Gasteiger partial charge in [-0.3, -0.25) is 0 Å². The number of hydrogen-bond donors (Lipinski definition) is 1. The number of carboxylic acid groups (broad SMARTS) is 1. The molecule has 0 unspecified atom stereocenters. The monoisotopic (exact) mass is 276 g/mol. The van der Waals surface area contributed by atoms with E-state index in [9.17, 15) is 9.18 Å². The number of methoxy groups -OCH3 is 2. The molecule has 0 aliphatic carbocycles. The molecule has 2 rings (SSSR count). The fraction of sp³-hybridized carbons (Fsp3) is 0.133. The van der Waals surface area contributed by atoms with Gasteiger partial charge in [0.1, 0.15) is 11.3 Å². The maximum atomic E-state index is 14.3. The molecule has 0 atom stereocenters. The standard InChI is InChI=1S/C15H13FO4/c1-19-10-5-3-9(4-6-10)11-7-8-12(15(17)18)14(20-2)13(11)16/h3-8H,1-2H3,(H,17,18). The van der Waals surface area contributed by atoms with Crippen LogP contribution in [0, 0.1) is 5.82 Å². The highest BCUT2D eigenvalue weighted by atomic mass is 19.1. The molecule has 4 nitrogen and oxygen atoms in total. The fourth-order valence-electron chi connectivity index (χ4n) is 1.92. The van der Waals surface area contributed by atoms with E-state index >= 15 is 0 Å². The van der Waals surface area contributed by atoms with Crippen molar-refractivity contribution in [2.24, 2.45) is 0 Å². The quantitative estimate of drug-likeness (QED) is 0.931. The topological polar surface area (TPSA) is 55.8 Å². The van der Waals surface area contributed by atoms with Crippen LogP contribution in [0.15, 0.2) is 36.4 Å². The Hall–Kier alpha value is -2.56. The number of benzene rings is 2. The van der Waals surface area contributed by atoms with Crippen LogP contribution >= 0.6 is 0 Å². The molecule has 0 amide bonds. The molecule has 2 aromatic carbocycles. The van der Waals surface area contributed by atoms with Gasteiger partial charge in [-0.15, -0.1) is 0 Å². The van der Waals surface area contributed by atoms with Crippen molar-refractivity contribution in [1.82, 2.24) is 0 Å². The van der Waals surface area contributed by atoms with E-state index in [1.165, 1.54) is 19.2 Å². The molecule has 0 bridgehead atoms. The lowest BCUT2D eigenvalue weighted by Gasteiger charge is -2.11. The van der Waals surface area contributed by atoms with Crippen molar-refractivity contribution in [2.45, 2.75) is 0 Å². The molecule has 2 aromatic rings. The Balaban J connectivity index is 2.54. The summed E-state index contributed by atoms with van der Waals surface area (Å²) in [5, 5.41) is 8.99. The number of hydrogen-bond acceptors (Lipinski definition) is 3. The van der Waals surface area contributed by atoms with Crippen molar-refractivity contribution in [2.75, 3.05) is 14.2 Å². The van der Waals surface area contributed by atoms with Gasteiger partial charge in [0.05, 0.1) is 14.2 Å². The lowest BCUT2D eigenvalue weighted by Crippen LogP contribution is -2.03. The van der Waals surface area contributed by atoms with Crippen molar-refractivity contribution in [3.63, 3.8) is 0 Å². The third-order valence-corrected chi connectivity index (χ3v) is 2.93. The van der Waals surface area contributed by atoms with E-state index < -0.39 is 11.8 Å². The SMILES string of the molecule is COc1ccc(-c2ccc(C(=O)O)c(OC)c2F)cc1. The zero-order valence-corrected chi connectivity index (χ0v) is 11.0. The van der Waals surface area contributed by atoms with Crippen LogP contribution in [-0.4, -0.2) is 25.3 Å². The molecular formula is C15H13FO4. The number of rotatable bonds is 4. The second-order valence-corrected chi connectivity index (χ2v) is 4.04. The van der Waals surface area contributed by atoms with Gasteiger partial charge in [0.25, 0.3) is 0 Å². The maximum Gasteiger partial charge on any atom is 0.339 e. The van der Waals surface area contributed by atoms with E-state index in [0.29, 0.717) is 11.3 Å². The van der Waals surface area contributed by atoms with Crippen molar-refractivity contribution in [3.05, 3.63) is 47.8 Å². The third-order valence-electron chi connectivity index (χ3n) is 2.93. The molecule has 5 heteroatoms. The van der Waals surface area contributed by atoms with Gasteiger partial charge in [-0.1, -0.05) is 18.2 Å². The van der Waals surface area contributed by atoms with Crippen LogP contribution in [0.5, 0.6) is 11.5 Å². The second kappa shape index (κ2) is 5.61. The lowest BCUT2D eigenvalue weighted by molar-refractivity contribution is 0.0692. The van der Waals surface area contributed by atoms with Gasteiger partial charge < -0.3 is 14.6 Å². The van der Waals surface area contributed by atoms with Gasteiger partial charge in [0.15, 0.2) is 11.6 Å². The highest BCUT2D eigenvalue weighted by Gasteiger charge is 2.19. The predicted molar refractivity (Wildman–Crippen MR) is 71.9 cm³/mol. The number of carbonyl (C=O) groups is 1. The van der Waals surface area contributed by atoms with Gasteiger partial charge in [0.2, 0.25) is 0 Å². The molecule has 1 N–H and O–H groups in total. The summed E-state index contributed by atoms with van der Waals surface area (Å²) in [4.78, 5) is 11.0. The van der Waals surface area contributed by atoms with Crippen molar-refractivity contribution < 1.29 is 23.8 Å². The molecule has 0 fully saturated rings. The number of ether oxygens (including phenoxy) is 2. The Kier molecular flexibility index (Phi) is 3.89. The third kappa shape index (κ3) is 2.42. The highest BCUT2D eigenvalue weighted by Crippen LogP contribution is 2.32. The van der Waals surface area contributed by atoms with Crippen LogP contribution in [0.3, 0.4) is 0 Å². The molecule has 20 heavy (non-hydrogen) atoms. The number of halogens is 1. The van der Waals surface area contributed by atoms with Crippen LogP contribution in [0.1, 0.15) is 10.4 Å². The highest BCUT2D eigenvalue weighted by molar-refractivity contribution is 5.92. The second-order valence-electron chi connectivity index (χ2n) is 4.04. The van der Waals surface area contributed by atoms with Crippen LogP contribution in [0.2, 0.25) is 0 Å². The molecule has 0 aliphatic heterocycles. The van der Waals surface area contributed by atoms with E-state index in [2.05, 4.69) is 0 Å². The number of aromatic carboxylic acids is 1. The Bertz CT molecular complexity index is 635. The predicted octanol–water partition coefficient (Wildman–Crippen LogP) is 3.21. The normalized spacial score (nSPS) is 10.2. The zero-order valence-electron chi connectivity index (χ0n) is 11.0. The van der Waals surface area contributed by atoms with Crippen LogP contribution in [-0.2, 0) is 0 Å². The van der Waals surface area contributed by atoms with Crippen LogP contribution in [0.25, 0.3) is 11.1 Å². The minimum absolute atomic E-state index is 0.206. The molecule has 0 spiro atoms. The Morgan fingerprint density at radius 1 is 1.05 bits per heavy atom. The van der Waals surface area contributed by atoms with Crippen LogP contribution < -0.4 is 9.47 Å². The first kappa shape index (κ1) is 13.9. The maximum absolute atomic E-state index is 14.3. The van der Waals surface area contributed by atoms with Crippen molar-refractivity contribution in [1.29, 1.82) is 0 Å². The molecule has 0 heterocycles. The first-order valence-electron chi connectivity index (χ1n) is 5.82. The summed E-state index contributed by atoms with van der Waals surface area (Å²) in [6.45, 7) is 0. The molecule has 0 saturated heterocycles. The van der Waals surface area contributed by atoms with Gasteiger partial charge in [0, 0.05) is 5.56 Å². The summed E-state index contributed by atoms with van der Waals surface area (Å²) in [6, 6.07) is 9.53. The molecule has 0 aliphatic rings. The fourth-order valence-corrected chi connectivity index (χ4v) is 1.92. The molecule has 0 aromatic heterocycles. The smallest absolute Gasteiger partial charge is 0.339 e. The van der Waals surface area contributed by atoms with Gasteiger partial charge >= 0.3 is 5.97 Å².